The van der Waals surface area contributed by atoms with E-state index in [4.69, 9.17) is 4.74 Å². The van der Waals surface area contributed by atoms with Gasteiger partial charge in [-0.05, 0) is 63.2 Å². The van der Waals surface area contributed by atoms with E-state index >= 15 is 0 Å². The zero-order chi connectivity index (χ0) is 22.7. The molecule has 0 saturated carbocycles. The van der Waals surface area contributed by atoms with Gasteiger partial charge in [0, 0.05) is 41.6 Å². The highest BCUT2D eigenvalue weighted by Crippen LogP contribution is 2.39. The number of fused-ring (bicyclic) bond motifs is 1. The van der Waals surface area contributed by atoms with Crippen molar-refractivity contribution in [2.75, 3.05) is 25.5 Å². The van der Waals surface area contributed by atoms with E-state index in [1.165, 1.54) is 16.0 Å². The molecule has 1 unspecified atom stereocenters. The molecule has 0 spiro atoms. The Bertz CT molecular complexity index is 1110. The van der Waals surface area contributed by atoms with Gasteiger partial charge in [-0.1, -0.05) is 6.07 Å². The number of ether oxygens (including phenoxy) is 1. The maximum absolute atomic E-state index is 12.8. The van der Waals surface area contributed by atoms with Crippen molar-refractivity contribution in [1.29, 1.82) is 0 Å². The lowest BCUT2D eigenvalue weighted by atomic mass is 9.98. The molecule has 0 aliphatic carbocycles. The molecule has 1 atom stereocenters. The summed E-state index contributed by atoms with van der Waals surface area (Å²) in [5, 5.41) is 7.07. The fraction of sp³-hybridized carbons (Fsp3) is 0.333. The largest absolute Gasteiger partial charge is 0.462 e. The zero-order valence-corrected chi connectivity index (χ0v) is 19.4. The summed E-state index contributed by atoms with van der Waals surface area (Å²) in [6.45, 7) is 6.01. The van der Waals surface area contributed by atoms with Crippen LogP contribution >= 0.6 is 11.3 Å². The van der Waals surface area contributed by atoms with Crippen molar-refractivity contribution < 1.29 is 14.3 Å². The van der Waals surface area contributed by atoms with Gasteiger partial charge in [-0.25, -0.2) is 9.59 Å². The van der Waals surface area contributed by atoms with Gasteiger partial charge in [0.05, 0.1) is 18.2 Å². The summed E-state index contributed by atoms with van der Waals surface area (Å²) in [6.07, 6.45) is 5.05. The minimum atomic E-state index is -0.406. The molecule has 3 aromatic rings. The van der Waals surface area contributed by atoms with Gasteiger partial charge in [0.1, 0.15) is 5.00 Å². The summed E-state index contributed by atoms with van der Waals surface area (Å²) in [7, 11) is 2.14. The number of hydrogen-bond donors (Lipinski definition) is 2. The summed E-state index contributed by atoms with van der Waals surface area (Å²) in [5.74, 6) is -0.406. The molecule has 0 fully saturated rings. The molecule has 168 valence electrons. The van der Waals surface area contributed by atoms with Crippen LogP contribution in [0.5, 0.6) is 0 Å². The lowest BCUT2D eigenvalue weighted by Crippen LogP contribution is -2.33. The van der Waals surface area contributed by atoms with E-state index in [9.17, 15) is 9.59 Å². The first-order valence-electron chi connectivity index (χ1n) is 10.8. The van der Waals surface area contributed by atoms with Crippen LogP contribution in [0.25, 0.3) is 5.00 Å². The third-order valence-corrected chi connectivity index (χ3v) is 6.77. The van der Waals surface area contributed by atoms with Gasteiger partial charge in [0.25, 0.3) is 0 Å². The van der Waals surface area contributed by atoms with E-state index in [-0.39, 0.29) is 12.1 Å². The molecule has 0 radical (unpaired) electrons. The molecule has 2 aromatic heterocycles. The molecule has 4 rings (SSSR count). The summed E-state index contributed by atoms with van der Waals surface area (Å²) < 4.78 is 7.16. The van der Waals surface area contributed by atoms with Crippen LogP contribution in [-0.2, 0) is 17.7 Å². The van der Waals surface area contributed by atoms with Crippen LogP contribution in [0.3, 0.4) is 0 Å². The second-order valence-electron chi connectivity index (χ2n) is 7.92. The second-order valence-corrected chi connectivity index (χ2v) is 9.01. The molecule has 8 heteroatoms. The van der Waals surface area contributed by atoms with Crippen molar-refractivity contribution in [3.63, 3.8) is 0 Å². The number of esters is 1. The number of carbonyl (C=O) groups is 2. The maximum Gasteiger partial charge on any atom is 0.338 e. The number of rotatable bonds is 6. The number of nitrogens with zero attached hydrogens (tertiary/aromatic N) is 2. The number of urea groups is 1. The number of likely N-dealkylation sites (N-methyl/N-ethyl adjacent to an activating group) is 1. The molecule has 1 aliphatic rings. The topological polar surface area (TPSA) is 75.6 Å². The molecule has 2 amide bonds. The zero-order valence-electron chi connectivity index (χ0n) is 18.6. The molecule has 2 N–H and O–H groups in total. The average Bonchev–Trinajstić information content (AvgIpc) is 3.41. The molecule has 0 saturated heterocycles. The Labute approximate surface area is 192 Å². The van der Waals surface area contributed by atoms with Gasteiger partial charge in [0.2, 0.25) is 0 Å². The highest BCUT2D eigenvalue weighted by atomic mass is 32.1. The minimum absolute atomic E-state index is 0.177. The Morgan fingerprint density at radius 2 is 2.00 bits per heavy atom. The number of thiophene rings is 1. The van der Waals surface area contributed by atoms with Crippen molar-refractivity contribution in [3.8, 4) is 5.00 Å². The lowest BCUT2D eigenvalue weighted by Gasteiger charge is -2.24. The molecule has 3 heterocycles. The normalized spacial score (nSPS) is 14.5. The molecular formula is C24H28N4O3S. The second kappa shape index (κ2) is 9.58. The average molecular weight is 453 g/mol. The fourth-order valence-electron chi connectivity index (χ4n) is 4.02. The molecule has 1 aliphatic heterocycles. The molecule has 1 aromatic carbocycles. The van der Waals surface area contributed by atoms with Crippen LogP contribution in [-0.4, -0.2) is 41.7 Å². The molecule has 7 nitrogen and oxygen atoms in total. The lowest BCUT2D eigenvalue weighted by molar-refractivity contribution is 0.0526. The smallest absolute Gasteiger partial charge is 0.338 e. The van der Waals surface area contributed by atoms with Crippen molar-refractivity contribution >= 4 is 29.0 Å². The predicted octanol–water partition coefficient (Wildman–Crippen LogP) is 4.59. The van der Waals surface area contributed by atoms with Gasteiger partial charge in [-0.3, -0.25) is 0 Å². The number of amides is 2. The van der Waals surface area contributed by atoms with E-state index in [1.54, 1.807) is 42.5 Å². The third-order valence-electron chi connectivity index (χ3n) is 5.52. The molecular weight excluding hydrogens is 424 g/mol. The highest BCUT2D eigenvalue weighted by Gasteiger charge is 2.27. The summed E-state index contributed by atoms with van der Waals surface area (Å²) >= 11 is 1.79. The number of aromatic nitrogens is 1. The highest BCUT2D eigenvalue weighted by molar-refractivity contribution is 7.15. The Balaban J connectivity index is 1.53. The minimum Gasteiger partial charge on any atom is -0.462 e. The third kappa shape index (κ3) is 4.71. The van der Waals surface area contributed by atoms with Crippen LogP contribution in [0.2, 0.25) is 0 Å². The van der Waals surface area contributed by atoms with Crippen LogP contribution in [0.4, 0.5) is 10.5 Å². The first-order valence-corrected chi connectivity index (χ1v) is 11.6. The van der Waals surface area contributed by atoms with E-state index in [0.29, 0.717) is 17.9 Å². The summed E-state index contributed by atoms with van der Waals surface area (Å²) in [4.78, 5) is 28.4. The van der Waals surface area contributed by atoms with E-state index in [1.807, 2.05) is 31.5 Å². The first kappa shape index (κ1) is 22.1. The quantitative estimate of drug-likeness (QED) is 0.537. The number of anilines is 1. The number of benzene rings is 1. The maximum atomic E-state index is 12.8. The van der Waals surface area contributed by atoms with Crippen molar-refractivity contribution in [2.45, 2.75) is 32.9 Å². The van der Waals surface area contributed by atoms with E-state index < -0.39 is 5.97 Å². The summed E-state index contributed by atoms with van der Waals surface area (Å²) in [5.41, 5.74) is 3.46. The van der Waals surface area contributed by atoms with Gasteiger partial charge >= 0.3 is 12.0 Å². The number of nitrogens with one attached hydrogen (secondary N) is 2. The Hall–Kier alpha value is -3.10. The SMILES string of the molecule is CCOC(=O)c1cccc(NC(=O)NC(C)c2c(-n3cccc3)sc3c2CCN(C)C3)c1. The van der Waals surface area contributed by atoms with Gasteiger partial charge in [0.15, 0.2) is 0 Å². The Morgan fingerprint density at radius 1 is 1.22 bits per heavy atom. The van der Waals surface area contributed by atoms with Crippen molar-refractivity contribution in [2.24, 2.45) is 0 Å². The van der Waals surface area contributed by atoms with Crippen LogP contribution in [0.15, 0.2) is 48.8 Å². The first-order chi connectivity index (χ1) is 15.5. The van der Waals surface area contributed by atoms with Crippen LogP contribution in [0, 0.1) is 0 Å². The van der Waals surface area contributed by atoms with Gasteiger partial charge < -0.3 is 24.8 Å². The standard InChI is InChI=1S/C24H28N4O3S/c1-4-31-23(29)17-8-7-9-18(14-17)26-24(30)25-16(2)21-19-10-13-27(3)15-20(19)32-22(21)28-11-5-6-12-28/h5-9,11-12,14,16H,4,10,13,15H2,1-3H3,(H2,25,26,30). The van der Waals surface area contributed by atoms with Gasteiger partial charge in [-0.15, -0.1) is 11.3 Å². The molecule has 32 heavy (non-hydrogen) atoms. The Morgan fingerprint density at radius 3 is 2.75 bits per heavy atom. The predicted molar refractivity (Wildman–Crippen MR) is 127 cm³/mol. The summed E-state index contributed by atoms with van der Waals surface area (Å²) in [6, 6.07) is 10.3. The Kier molecular flexibility index (Phi) is 6.62. The number of carbonyl (C=O) groups excluding carboxylic acids is 2. The van der Waals surface area contributed by atoms with Gasteiger partial charge in [-0.2, -0.15) is 0 Å². The van der Waals surface area contributed by atoms with Crippen molar-refractivity contribution in [1.82, 2.24) is 14.8 Å². The van der Waals surface area contributed by atoms with Crippen molar-refractivity contribution in [3.05, 3.63) is 70.4 Å². The van der Waals surface area contributed by atoms with E-state index in [0.717, 1.165) is 24.5 Å². The van der Waals surface area contributed by atoms with E-state index in [2.05, 4.69) is 27.1 Å². The number of hydrogen-bond acceptors (Lipinski definition) is 5. The monoisotopic (exact) mass is 452 g/mol. The van der Waals surface area contributed by atoms with Crippen LogP contribution in [0.1, 0.15) is 46.3 Å². The molecule has 0 bridgehead atoms. The van der Waals surface area contributed by atoms with Crippen LogP contribution < -0.4 is 10.6 Å². The fourth-order valence-corrected chi connectivity index (χ4v) is 5.51.